The van der Waals surface area contributed by atoms with E-state index in [1.165, 1.54) is 11.1 Å². The fourth-order valence-corrected chi connectivity index (χ4v) is 7.60. The first-order valence-electron chi connectivity index (χ1n) is 16.6. The third kappa shape index (κ3) is 6.76. The van der Waals surface area contributed by atoms with Crippen molar-refractivity contribution in [1.29, 1.82) is 0 Å². The molecule has 7 nitrogen and oxygen atoms in total. The molecule has 8 rings (SSSR count). The number of ether oxygens (including phenoxy) is 1. The molecule has 0 N–H and O–H groups in total. The van der Waals surface area contributed by atoms with Crippen LogP contribution in [0.25, 0.3) is 21.8 Å². The zero-order chi connectivity index (χ0) is 31.7. The number of fused-ring (bicyclic) bond motifs is 2. The lowest BCUT2D eigenvalue weighted by molar-refractivity contribution is 0.165. The lowest BCUT2D eigenvalue weighted by Gasteiger charge is -2.33. The van der Waals surface area contributed by atoms with Gasteiger partial charge in [-0.1, -0.05) is 47.5 Å². The number of aromatic nitrogens is 4. The number of hydrogen-bond donors (Lipinski definition) is 0. The Labute approximate surface area is 285 Å². The Kier molecular flexibility index (Phi) is 8.63. The molecule has 0 spiro atoms. The third-order valence-corrected chi connectivity index (χ3v) is 10.2. The summed E-state index contributed by atoms with van der Waals surface area (Å²) < 4.78 is 10.8. The molecule has 0 bridgehead atoms. The summed E-state index contributed by atoms with van der Waals surface area (Å²) in [6.07, 6.45) is 8.49. The van der Waals surface area contributed by atoms with Crippen LogP contribution in [0.15, 0.2) is 97.3 Å². The highest BCUT2D eigenvalue weighted by atomic mass is 35.5. The summed E-state index contributed by atoms with van der Waals surface area (Å²) in [6, 6.07) is 29.6. The van der Waals surface area contributed by atoms with Crippen molar-refractivity contribution in [3.05, 3.63) is 118 Å². The Morgan fingerprint density at radius 3 is 1.49 bits per heavy atom. The molecule has 2 fully saturated rings. The van der Waals surface area contributed by atoms with Crippen LogP contribution < -0.4 is 4.74 Å². The molecule has 2 saturated heterocycles. The van der Waals surface area contributed by atoms with Gasteiger partial charge >= 0.3 is 0 Å². The SMILES string of the molecule is Clc1ccc(CN2CCCC(n3ncc4cc(Oc5ccc6c(cnn6C6CCCN(Cc7ccc(Cl)cc7)C6)c5)ccc43)C2)cc1. The van der Waals surface area contributed by atoms with Gasteiger partial charge in [-0.2, -0.15) is 10.2 Å². The van der Waals surface area contributed by atoms with Crippen molar-refractivity contribution in [3.8, 4) is 11.5 Å². The first-order valence-corrected chi connectivity index (χ1v) is 17.4. The van der Waals surface area contributed by atoms with E-state index in [1.54, 1.807) is 0 Å². The van der Waals surface area contributed by atoms with E-state index in [-0.39, 0.29) is 0 Å². The van der Waals surface area contributed by atoms with Gasteiger partial charge in [0, 0.05) is 47.0 Å². The summed E-state index contributed by atoms with van der Waals surface area (Å²) in [7, 11) is 0. The van der Waals surface area contributed by atoms with Crippen molar-refractivity contribution in [3.63, 3.8) is 0 Å². The number of piperidine rings is 2. The summed E-state index contributed by atoms with van der Waals surface area (Å²) in [5.41, 5.74) is 4.87. The maximum absolute atomic E-state index is 6.38. The summed E-state index contributed by atoms with van der Waals surface area (Å²) >= 11 is 12.2. The predicted molar refractivity (Wildman–Crippen MR) is 190 cm³/mol. The van der Waals surface area contributed by atoms with Gasteiger partial charge in [0.1, 0.15) is 11.5 Å². The van der Waals surface area contributed by atoms with Gasteiger partial charge in [-0.3, -0.25) is 19.2 Å². The summed E-state index contributed by atoms with van der Waals surface area (Å²) in [6.45, 7) is 6.01. The van der Waals surface area contributed by atoms with Crippen LogP contribution in [-0.2, 0) is 13.1 Å². The number of likely N-dealkylation sites (tertiary alicyclic amines) is 2. The number of rotatable bonds is 8. The van der Waals surface area contributed by atoms with E-state index in [4.69, 9.17) is 38.1 Å². The number of halogens is 2. The largest absolute Gasteiger partial charge is 0.457 e. The van der Waals surface area contributed by atoms with Gasteiger partial charge in [0.2, 0.25) is 0 Å². The third-order valence-electron chi connectivity index (χ3n) is 9.66. The highest BCUT2D eigenvalue weighted by Crippen LogP contribution is 2.33. The fraction of sp³-hybridized carbons (Fsp3) is 0.316. The molecule has 2 atom stereocenters. The van der Waals surface area contributed by atoms with E-state index < -0.39 is 0 Å². The number of benzene rings is 4. The van der Waals surface area contributed by atoms with Gasteiger partial charge in [0.05, 0.1) is 35.5 Å². The number of hydrogen-bond acceptors (Lipinski definition) is 5. The second-order valence-corrected chi connectivity index (χ2v) is 13.9. The summed E-state index contributed by atoms with van der Waals surface area (Å²) in [4.78, 5) is 5.04. The molecule has 2 aliphatic heterocycles. The quantitative estimate of drug-likeness (QED) is 0.162. The molecule has 0 amide bonds. The molecule has 2 unspecified atom stereocenters. The van der Waals surface area contributed by atoms with Crippen LogP contribution in [0, 0.1) is 0 Å². The van der Waals surface area contributed by atoms with Crippen LogP contribution in [0.2, 0.25) is 10.0 Å². The van der Waals surface area contributed by atoms with Crippen LogP contribution in [0.5, 0.6) is 11.5 Å². The molecule has 240 valence electrons. The van der Waals surface area contributed by atoms with Gasteiger partial charge in [0.15, 0.2) is 0 Å². The van der Waals surface area contributed by atoms with Gasteiger partial charge in [-0.05, 0) is 111 Å². The van der Waals surface area contributed by atoms with Crippen LogP contribution in [0.3, 0.4) is 0 Å². The molecule has 9 heteroatoms. The smallest absolute Gasteiger partial charge is 0.128 e. The maximum Gasteiger partial charge on any atom is 0.128 e. The Hall–Kier alpha value is -3.88. The Balaban J connectivity index is 0.932. The van der Waals surface area contributed by atoms with Crippen LogP contribution >= 0.6 is 23.2 Å². The van der Waals surface area contributed by atoms with Crippen molar-refractivity contribution < 1.29 is 4.74 Å². The normalized spacial score (nSPS) is 19.4. The first-order chi connectivity index (χ1) is 23.0. The predicted octanol–water partition coefficient (Wildman–Crippen LogP) is 9.16. The average Bonchev–Trinajstić information content (AvgIpc) is 3.71. The topological polar surface area (TPSA) is 51.4 Å². The van der Waals surface area contributed by atoms with E-state index >= 15 is 0 Å². The van der Waals surface area contributed by atoms with Gasteiger partial charge in [0.25, 0.3) is 0 Å². The van der Waals surface area contributed by atoms with E-state index in [0.29, 0.717) is 12.1 Å². The molecular formula is C38H38Cl2N6O. The molecule has 0 aliphatic carbocycles. The second-order valence-electron chi connectivity index (χ2n) is 13.0. The Bertz CT molecular complexity index is 1840. The van der Waals surface area contributed by atoms with Crippen LogP contribution in [-0.4, -0.2) is 55.5 Å². The molecular weight excluding hydrogens is 627 g/mol. The molecule has 4 heterocycles. The zero-order valence-electron chi connectivity index (χ0n) is 26.3. The highest BCUT2D eigenvalue weighted by molar-refractivity contribution is 6.30. The van der Waals surface area contributed by atoms with Crippen molar-refractivity contribution in [2.24, 2.45) is 0 Å². The molecule has 2 aliphatic rings. The second kappa shape index (κ2) is 13.3. The zero-order valence-corrected chi connectivity index (χ0v) is 27.8. The summed E-state index contributed by atoms with van der Waals surface area (Å²) in [5.74, 6) is 1.61. The maximum atomic E-state index is 6.38. The molecule has 0 saturated carbocycles. The molecule has 47 heavy (non-hydrogen) atoms. The monoisotopic (exact) mass is 664 g/mol. The van der Waals surface area contributed by atoms with Gasteiger partial charge in [-0.25, -0.2) is 0 Å². The standard InChI is InChI=1S/C38H38Cl2N6O/c39-31-9-5-27(6-10-31)23-43-17-1-3-33(25-43)45-37-15-13-35(19-29(37)21-41-45)47-36-14-16-38-30(20-36)22-42-46(38)34-4-2-18-44(26-34)24-28-7-11-32(40)12-8-28/h5-16,19-22,33-34H,1-4,17-18,23-26H2. The summed E-state index contributed by atoms with van der Waals surface area (Å²) in [5, 5.41) is 13.4. The minimum Gasteiger partial charge on any atom is -0.457 e. The lowest BCUT2D eigenvalue weighted by atomic mass is 10.0. The molecule has 2 aromatic heterocycles. The molecule has 0 radical (unpaired) electrons. The fourth-order valence-electron chi connectivity index (χ4n) is 7.35. The minimum absolute atomic E-state index is 0.341. The van der Waals surface area contributed by atoms with Crippen molar-refractivity contribution in [1.82, 2.24) is 29.4 Å². The van der Waals surface area contributed by atoms with E-state index in [9.17, 15) is 0 Å². The first kappa shape index (κ1) is 30.5. The van der Waals surface area contributed by atoms with Crippen molar-refractivity contribution >= 4 is 45.0 Å². The van der Waals surface area contributed by atoms with Crippen molar-refractivity contribution in [2.45, 2.75) is 50.9 Å². The average molecular weight is 666 g/mol. The highest BCUT2D eigenvalue weighted by Gasteiger charge is 2.25. The molecule has 6 aromatic rings. The van der Waals surface area contributed by atoms with E-state index in [2.05, 4.69) is 79.8 Å². The van der Waals surface area contributed by atoms with E-state index in [1.807, 2.05) is 36.7 Å². The Morgan fingerprint density at radius 1 is 0.596 bits per heavy atom. The van der Waals surface area contributed by atoms with Crippen molar-refractivity contribution in [2.75, 3.05) is 26.2 Å². The van der Waals surface area contributed by atoms with Crippen LogP contribution in [0.1, 0.15) is 48.9 Å². The number of nitrogens with zero attached hydrogens (tertiary/aromatic N) is 6. The van der Waals surface area contributed by atoms with E-state index in [0.717, 1.165) is 108 Å². The molecule has 4 aromatic carbocycles. The van der Waals surface area contributed by atoms with Gasteiger partial charge in [-0.15, -0.1) is 0 Å². The minimum atomic E-state index is 0.341. The Morgan fingerprint density at radius 2 is 1.04 bits per heavy atom. The van der Waals surface area contributed by atoms with Gasteiger partial charge < -0.3 is 4.74 Å². The lowest BCUT2D eigenvalue weighted by Crippen LogP contribution is -2.36. The van der Waals surface area contributed by atoms with Crippen LogP contribution in [0.4, 0.5) is 0 Å².